The Morgan fingerprint density at radius 1 is 1.15 bits per heavy atom. The van der Waals surface area contributed by atoms with Crippen molar-refractivity contribution in [3.05, 3.63) is 54.0 Å². The minimum atomic E-state index is -3.72. The number of furan rings is 1. The van der Waals surface area contributed by atoms with Crippen molar-refractivity contribution in [3.8, 4) is 0 Å². The molecular formula is C18H20N2O6S. The van der Waals surface area contributed by atoms with Crippen LogP contribution in [0.2, 0.25) is 0 Å². The van der Waals surface area contributed by atoms with Crippen LogP contribution in [0.3, 0.4) is 0 Å². The highest BCUT2D eigenvalue weighted by Crippen LogP contribution is 2.26. The lowest BCUT2D eigenvalue weighted by Gasteiger charge is -2.13. The van der Waals surface area contributed by atoms with Crippen LogP contribution in [0, 0.1) is 5.92 Å². The number of carboxylic acid groups (broad SMARTS) is 1. The first-order chi connectivity index (χ1) is 12.8. The van der Waals surface area contributed by atoms with Crippen molar-refractivity contribution in [3.63, 3.8) is 0 Å². The molecule has 0 saturated heterocycles. The first-order valence-electron chi connectivity index (χ1n) is 8.51. The lowest BCUT2D eigenvalue weighted by atomic mass is 10.1. The third-order valence-corrected chi connectivity index (χ3v) is 5.98. The lowest BCUT2D eigenvalue weighted by Crippen LogP contribution is -2.33. The highest BCUT2D eigenvalue weighted by Gasteiger charge is 2.30. The van der Waals surface area contributed by atoms with Gasteiger partial charge in [-0.05, 0) is 55.7 Å². The van der Waals surface area contributed by atoms with Crippen LogP contribution in [0.25, 0.3) is 0 Å². The van der Waals surface area contributed by atoms with Crippen molar-refractivity contribution >= 4 is 21.9 Å². The zero-order valence-electron chi connectivity index (χ0n) is 14.4. The van der Waals surface area contributed by atoms with Crippen LogP contribution in [0.1, 0.15) is 35.4 Å². The summed E-state index contributed by atoms with van der Waals surface area (Å²) in [5, 5.41) is 11.8. The number of carbonyl (C=O) groups is 2. The molecule has 0 radical (unpaired) electrons. The van der Waals surface area contributed by atoms with E-state index >= 15 is 0 Å². The molecule has 1 aliphatic rings. The van der Waals surface area contributed by atoms with Gasteiger partial charge in [0.1, 0.15) is 5.76 Å². The van der Waals surface area contributed by atoms with Crippen LogP contribution in [0.4, 0.5) is 0 Å². The van der Waals surface area contributed by atoms with Crippen molar-refractivity contribution < 1.29 is 27.5 Å². The molecule has 2 aromatic rings. The van der Waals surface area contributed by atoms with Gasteiger partial charge in [0.15, 0.2) is 0 Å². The Balaban J connectivity index is 1.59. The van der Waals surface area contributed by atoms with Gasteiger partial charge >= 0.3 is 5.97 Å². The van der Waals surface area contributed by atoms with Crippen molar-refractivity contribution in [1.82, 2.24) is 10.0 Å². The van der Waals surface area contributed by atoms with Crippen molar-refractivity contribution in [2.45, 2.75) is 36.7 Å². The number of sulfonamides is 1. The van der Waals surface area contributed by atoms with Gasteiger partial charge in [0.05, 0.1) is 23.6 Å². The first kappa shape index (κ1) is 19.1. The number of benzene rings is 1. The fourth-order valence-electron chi connectivity index (χ4n) is 3.05. The van der Waals surface area contributed by atoms with Gasteiger partial charge < -0.3 is 14.8 Å². The number of hydrogen-bond acceptors (Lipinski definition) is 5. The molecule has 27 heavy (non-hydrogen) atoms. The fraction of sp³-hybridized carbons (Fsp3) is 0.333. The van der Waals surface area contributed by atoms with Gasteiger partial charge in [0, 0.05) is 11.6 Å². The summed E-state index contributed by atoms with van der Waals surface area (Å²) in [5.41, 5.74) is 0.318. The van der Waals surface area contributed by atoms with E-state index in [-0.39, 0.29) is 23.4 Å². The third-order valence-electron chi connectivity index (χ3n) is 4.56. The molecule has 0 bridgehead atoms. The summed E-state index contributed by atoms with van der Waals surface area (Å²) in [4.78, 5) is 23.3. The van der Waals surface area contributed by atoms with Gasteiger partial charge in [-0.2, -0.15) is 0 Å². The molecule has 1 aromatic heterocycles. The van der Waals surface area contributed by atoms with E-state index in [9.17, 15) is 18.0 Å². The van der Waals surface area contributed by atoms with Crippen LogP contribution < -0.4 is 10.0 Å². The van der Waals surface area contributed by atoms with Crippen molar-refractivity contribution in [2.75, 3.05) is 0 Å². The van der Waals surface area contributed by atoms with Gasteiger partial charge in [-0.25, -0.2) is 13.1 Å². The van der Waals surface area contributed by atoms with E-state index in [0.29, 0.717) is 30.6 Å². The maximum atomic E-state index is 12.3. The van der Waals surface area contributed by atoms with Gasteiger partial charge in [-0.1, -0.05) is 0 Å². The predicted molar refractivity (Wildman–Crippen MR) is 95.4 cm³/mol. The summed E-state index contributed by atoms with van der Waals surface area (Å²) < 4.78 is 32.1. The summed E-state index contributed by atoms with van der Waals surface area (Å²) in [6.07, 6.45) is 3.02. The molecule has 0 spiro atoms. The Morgan fingerprint density at radius 3 is 2.48 bits per heavy atom. The zero-order valence-corrected chi connectivity index (χ0v) is 15.2. The van der Waals surface area contributed by atoms with Crippen LogP contribution in [-0.4, -0.2) is 31.4 Å². The third kappa shape index (κ3) is 4.75. The molecule has 3 N–H and O–H groups in total. The molecule has 1 heterocycles. The number of rotatable bonds is 7. The quantitative estimate of drug-likeness (QED) is 0.659. The topological polar surface area (TPSA) is 126 Å². The second kappa shape index (κ2) is 7.93. The fourth-order valence-corrected chi connectivity index (χ4v) is 4.05. The van der Waals surface area contributed by atoms with Gasteiger partial charge in [0.2, 0.25) is 10.0 Å². The van der Waals surface area contributed by atoms with E-state index in [0.717, 1.165) is 0 Å². The molecule has 1 amide bonds. The maximum absolute atomic E-state index is 12.3. The molecule has 1 aliphatic carbocycles. The molecule has 1 saturated carbocycles. The van der Waals surface area contributed by atoms with Crippen LogP contribution in [-0.2, 0) is 21.4 Å². The molecule has 3 rings (SSSR count). The minimum absolute atomic E-state index is 0.0317. The Kier molecular flexibility index (Phi) is 5.62. The second-order valence-electron chi connectivity index (χ2n) is 6.45. The SMILES string of the molecule is O=C(N[C@H]1CC[C@@H](C(=O)O)C1)c1ccc(S(=O)(=O)NCc2ccco2)cc1. The van der Waals surface area contributed by atoms with E-state index in [1.54, 1.807) is 12.1 Å². The monoisotopic (exact) mass is 392 g/mol. The number of amides is 1. The summed E-state index contributed by atoms with van der Waals surface area (Å²) >= 11 is 0. The van der Waals surface area contributed by atoms with Crippen LogP contribution in [0.5, 0.6) is 0 Å². The number of carboxylic acids is 1. The maximum Gasteiger partial charge on any atom is 0.306 e. The van der Waals surface area contributed by atoms with Crippen LogP contribution in [0.15, 0.2) is 52.0 Å². The lowest BCUT2D eigenvalue weighted by molar-refractivity contribution is -0.141. The second-order valence-corrected chi connectivity index (χ2v) is 8.21. The minimum Gasteiger partial charge on any atom is -0.481 e. The summed E-state index contributed by atoms with van der Waals surface area (Å²) in [5.74, 6) is -1.13. The van der Waals surface area contributed by atoms with Crippen molar-refractivity contribution in [1.29, 1.82) is 0 Å². The molecular weight excluding hydrogens is 372 g/mol. The number of carbonyl (C=O) groups excluding carboxylic acids is 1. The number of nitrogens with one attached hydrogen (secondary N) is 2. The van der Waals surface area contributed by atoms with E-state index < -0.39 is 21.9 Å². The molecule has 8 nitrogen and oxygen atoms in total. The molecule has 9 heteroatoms. The van der Waals surface area contributed by atoms with E-state index in [4.69, 9.17) is 9.52 Å². The smallest absolute Gasteiger partial charge is 0.306 e. The Morgan fingerprint density at radius 2 is 1.89 bits per heavy atom. The number of hydrogen-bond donors (Lipinski definition) is 3. The standard InChI is InChI=1S/C18H20N2O6S/c21-17(20-14-6-3-13(10-14)18(22)23)12-4-7-16(8-5-12)27(24,25)19-11-15-2-1-9-26-15/h1-2,4-5,7-9,13-14,19H,3,6,10-11H2,(H,20,21)(H,22,23)/t13-,14+/m1/s1. The average Bonchev–Trinajstić information content (AvgIpc) is 3.32. The first-order valence-corrected chi connectivity index (χ1v) is 9.99. The van der Waals surface area contributed by atoms with E-state index in [1.165, 1.54) is 30.5 Å². The Bertz CT molecular complexity index is 906. The summed E-state index contributed by atoms with van der Waals surface area (Å²) in [6, 6.07) is 8.72. The van der Waals surface area contributed by atoms with E-state index in [2.05, 4.69) is 10.0 Å². The number of aliphatic carboxylic acids is 1. The highest BCUT2D eigenvalue weighted by atomic mass is 32.2. The molecule has 0 unspecified atom stereocenters. The average molecular weight is 392 g/mol. The summed E-state index contributed by atoms with van der Waals surface area (Å²) in [7, 11) is -3.72. The molecule has 2 atom stereocenters. The van der Waals surface area contributed by atoms with Gasteiger partial charge in [0.25, 0.3) is 5.91 Å². The molecule has 1 aromatic carbocycles. The van der Waals surface area contributed by atoms with Gasteiger partial charge in [-0.3, -0.25) is 9.59 Å². The highest BCUT2D eigenvalue weighted by molar-refractivity contribution is 7.89. The molecule has 144 valence electrons. The van der Waals surface area contributed by atoms with E-state index in [1.807, 2.05) is 0 Å². The van der Waals surface area contributed by atoms with Gasteiger partial charge in [-0.15, -0.1) is 0 Å². The molecule has 0 aliphatic heterocycles. The Hall–Kier alpha value is -2.65. The summed E-state index contributed by atoms with van der Waals surface area (Å²) in [6.45, 7) is 0.0317. The largest absolute Gasteiger partial charge is 0.481 e. The van der Waals surface area contributed by atoms with Crippen LogP contribution >= 0.6 is 0 Å². The Labute approximate surface area is 156 Å². The molecule has 1 fully saturated rings. The van der Waals surface area contributed by atoms with Crippen molar-refractivity contribution in [2.24, 2.45) is 5.92 Å². The normalized spacial score (nSPS) is 19.7. The zero-order chi connectivity index (χ0) is 19.4. The predicted octanol–water partition coefficient (Wildman–Crippen LogP) is 1.74.